The quantitative estimate of drug-likeness (QED) is 0.784. The van der Waals surface area contributed by atoms with Crippen LogP contribution in [0.3, 0.4) is 0 Å². The summed E-state index contributed by atoms with van der Waals surface area (Å²) in [5.74, 6) is 1.52. The molecule has 0 fully saturated rings. The zero-order valence-corrected chi connectivity index (χ0v) is 8.21. The van der Waals surface area contributed by atoms with Gasteiger partial charge in [-0.15, -0.1) is 0 Å². The molecule has 2 rings (SSSR count). The molecule has 0 atom stereocenters. The van der Waals surface area contributed by atoms with Crippen LogP contribution in [0.5, 0.6) is 0 Å². The molecule has 4 heteroatoms. The molecular weight excluding hydrogens is 198 g/mol. The highest BCUT2D eigenvalue weighted by atomic mass is 32.1. The first-order valence-electron chi connectivity index (χ1n) is 4.20. The van der Waals surface area contributed by atoms with E-state index >= 15 is 0 Å². The van der Waals surface area contributed by atoms with Gasteiger partial charge in [0.05, 0.1) is 19.1 Å². The molecule has 0 unspecified atom stereocenters. The maximum absolute atomic E-state index is 5.15. The summed E-state index contributed by atoms with van der Waals surface area (Å²) in [6.45, 7) is 0.576. The Hall–Kier alpha value is -1.55. The molecule has 2 aromatic rings. The molecule has 3 nitrogen and oxygen atoms in total. The molecule has 14 heavy (non-hydrogen) atoms. The second-order valence-electron chi connectivity index (χ2n) is 2.74. The van der Waals surface area contributed by atoms with Gasteiger partial charge >= 0.3 is 0 Å². The molecule has 0 radical (unpaired) electrons. The molecule has 0 saturated carbocycles. The molecule has 2 aromatic heterocycles. The van der Waals surface area contributed by atoms with Gasteiger partial charge < -0.3 is 14.2 Å². The van der Waals surface area contributed by atoms with Crippen LogP contribution in [-0.4, -0.2) is 4.99 Å². The van der Waals surface area contributed by atoms with Crippen molar-refractivity contribution in [3.05, 3.63) is 48.3 Å². The minimum atomic E-state index is 0.576. The van der Waals surface area contributed by atoms with Crippen molar-refractivity contribution in [1.82, 2.24) is 5.32 Å². The number of furan rings is 2. The lowest BCUT2D eigenvalue weighted by atomic mass is 10.4. The van der Waals surface area contributed by atoms with E-state index in [2.05, 4.69) is 5.32 Å². The molecule has 0 spiro atoms. The maximum Gasteiger partial charge on any atom is 0.160 e. The van der Waals surface area contributed by atoms with Crippen LogP contribution in [-0.2, 0) is 6.54 Å². The third-order valence-electron chi connectivity index (χ3n) is 1.75. The minimum Gasteiger partial charge on any atom is -0.467 e. The van der Waals surface area contributed by atoms with Crippen LogP contribution < -0.4 is 5.32 Å². The van der Waals surface area contributed by atoms with Crippen molar-refractivity contribution in [1.29, 1.82) is 0 Å². The van der Waals surface area contributed by atoms with Gasteiger partial charge in [-0.05, 0) is 24.3 Å². The normalized spacial score (nSPS) is 10.0. The number of nitrogens with one attached hydrogen (secondary N) is 1. The number of rotatable bonds is 3. The number of thiocarbonyl (C=S) groups is 1. The lowest BCUT2D eigenvalue weighted by molar-refractivity contribution is 0.501. The maximum atomic E-state index is 5.15. The predicted molar refractivity (Wildman–Crippen MR) is 56.0 cm³/mol. The van der Waals surface area contributed by atoms with Gasteiger partial charge in [0.1, 0.15) is 10.7 Å². The summed E-state index contributed by atoms with van der Waals surface area (Å²) < 4.78 is 10.3. The van der Waals surface area contributed by atoms with E-state index < -0.39 is 0 Å². The number of hydrogen-bond acceptors (Lipinski definition) is 3. The highest BCUT2D eigenvalue weighted by molar-refractivity contribution is 7.80. The largest absolute Gasteiger partial charge is 0.467 e. The van der Waals surface area contributed by atoms with Crippen molar-refractivity contribution in [3.63, 3.8) is 0 Å². The van der Waals surface area contributed by atoms with Crippen LogP contribution in [0.15, 0.2) is 45.6 Å². The highest BCUT2D eigenvalue weighted by Gasteiger charge is 2.03. The van der Waals surface area contributed by atoms with E-state index in [0.717, 1.165) is 5.76 Å². The van der Waals surface area contributed by atoms with E-state index in [0.29, 0.717) is 17.3 Å². The summed E-state index contributed by atoms with van der Waals surface area (Å²) in [5, 5.41) is 3.03. The van der Waals surface area contributed by atoms with Gasteiger partial charge in [-0.25, -0.2) is 0 Å². The molecule has 0 saturated heterocycles. The summed E-state index contributed by atoms with van der Waals surface area (Å²) in [5.41, 5.74) is 0. The van der Waals surface area contributed by atoms with Gasteiger partial charge in [-0.1, -0.05) is 12.2 Å². The molecule has 0 aromatic carbocycles. The smallest absolute Gasteiger partial charge is 0.160 e. The average molecular weight is 207 g/mol. The summed E-state index contributed by atoms with van der Waals surface area (Å²) in [6.07, 6.45) is 3.23. The first kappa shape index (κ1) is 9.02. The SMILES string of the molecule is S=C(NCc1ccco1)c1ccco1. The van der Waals surface area contributed by atoms with Crippen LogP contribution in [0, 0.1) is 0 Å². The van der Waals surface area contributed by atoms with Crippen molar-refractivity contribution >= 4 is 17.2 Å². The average Bonchev–Trinajstić information content (AvgIpc) is 2.87. The summed E-state index contributed by atoms with van der Waals surface area (Å²) in [4.78, 5) is 0.589. The van der Waals surface area contributed by atoms with Crippen LogP contribution in [0.4, 0.5) is 0 Å². The third-order valence-corrected chi connectivity index (χ3v) is 2.09. The lowest BCUT2D eigenvalue weighted by Gasteiger charge is -2.02. The molecule has 0 bridgehead atoms. The Morgan fingerprint density at radius 2 is 2.00 bits per heavy atom. The second-order valence-corrected chi connectivity index (χ2v) is 3.15. The van der Waals surface area contributed by atoms with E-state index in [-0.39, 0.29) is 0 Å². The van der Waals surface area contributed by atoms with Crippen LogP contribution >= 0.6 is 12.2 Å². The van der Waals surface area contributed by atoms with E-state index in [1.807, 2.05) is 18.2 Å². The lowest BCUT2D eigenvalue weighted by Crippen LogP contribution is -2.20. The summed E-state index contributed by atoms with van der Waals surface area (Å²) in [6, 6.07) is 7.35. The van der Waals surface area contributed by atoms with Crippen LogP contribution in [0.2, 0.25) is 0 Å². The van der Waals surface area contributed by atoms with E-state index in [4.69, 9.17) is 21.1 Å². The molecule has 72 valence electrons. The standard InChI is InChI=1S/C10H9NO2S/c14-10(9-4-2-6-13-9)11-7-8-3-1-5-12-8/h1-6H,7H2,(H,11,14). The Bertz CT molecular complexity index is 392. The van der Waals surface area contributed by atoms with Crippen molar-refractivity contribution in [2.45, 2.75) is 6.54 Å². The molecule has 0 aliphatic carbocycles. The van der Waals surface area contributed by atoms with E-state index in [1.54, 1.807) is 18.6 Å². The van der Waals surface area contributed by atoms with E-state index in [1.165, 1.54) is 0 Å². The highest BCUT2D eigenvalue weighted by Crippen LogP contribution is 2.03. The first-order valence-corrected chi connectivity index (χ1v) is 4.61. The van der Waals surface area contributed by atoms with Crippen molar-refractivity contribution in [3.8, 4) is 0 Å². The Labute approximate surface area is 86.7 Å². The van der Waals surface area contributed by atoms with Crippen molar-refractivity contribution in [2.24, 2.45) is 0 Å². The third kappa shape index (κ3) is 2.03. The van der Waals surface area contributed by atoms with Gasteiger partial charge in [0.2, 0.25) is 0 Å². The first-order chi connectivity index (χ1) is 6.86. The zero-order valence-electron chi connectivity index (χ0n) is 7.40. The van der Waals surface area contributed by atoms with Crippen molar-refractivity contribution in [2.75, 3.05) is 0 Å². The summed E-state index contributed by atoms with van der Waals surface area (Å²) >= 11 is 5.10. The molecule has 0 amide bonds. The Kier molecular flexibility index (Phi) is 2.65. The van der Waals surface area contributed by atoms with Crippen molar-refractivity contribution < 1.29 is 8.83 Å². The van der Waals surface area contributed by atoms with Crippen LogP contribution in [0.25, 0.3) is 0 Å². The van der Waals surface area contributed by atoms with Gasteiger partial charge in [0, 0.05) is 0 Å². The molecule has 2 heterocycles. The van der Waals surface area contributed by atoms with Crippen LogP contribution in [0.1, 0.15) is 11.5 Å². The van der Waals surface area contributed by atoms with E-state index in [9.17, 15) is 0 Å². The van der Waals surface area contributed by atoms with Gasteiger partial charge in [-0.3, -0.25) is 0 Å². The fraction of sp³-hybridized carbons (Fsp3) is 0.100. The Balaban J connectivity index is 1.90. The molecule has 0 aliphatic heterocycles. The Morgan fingerprint density at radius 1 is 1.21 bits per heavy atom. The second kappa shape index (κ2) is 4.11. The molecular formula is C10H9NO2S. The topological polar surface area (TPSA) is 38.3 Å². The van der Waals surface area contributed by atoms with Gasteiger partial charge in [0.25, 0.3) is 0 Å². The minimum absolute atomic E-state index is 0.576. The van der Waals surface area contributed by atoms with Gasteiger partial charge in [-0.2, -0.15) is 0 Å². The molecule has 1 N–H and O–H groups in total. The summed E-state index contributed by atoms with van der Waals surface area (Å²) in [7, 11) is 0. The van der Waals surface area contributed by atoms with Gasteiger partial charge in [0.15, 0.2) is 5.76 Å². The fourth-order valence-corrected chi connectivity index (χ4v) is 1.26. The monoisotopic (exact) mass is 207 g/mol. The molecule has 0 aliphatic rings. The predicted octanol–water partition coefficient (Wildman–Crippen LogP) is 2.34. The Morgan fingerprint density at radius 3 is 2.64 bits per heavy atom. The number of hydrogen-bond donors (Lipinski definition) is 1. The fourth-order valence-electron chi connectivity index (χ4n) is 1.08. The zero-order chi connectivity index (χ0) is 9.80.